The van der Waals surface area contributed by atoms with Crippen molar-refractivity contribution in [1.82, 2.24) is 0 Å². The lowest BCUT2D eigenvalue weighted by molar-refractivity contribution is -0.122. The Labute approximate surface area is 92.2 Å². The molecule has 1 aromatic rings. The van der Waals surface area contributed by atoms with Gasteiger partial charge < -0.3 is 10.5 Å². The molecule has 0 unspecified atom stereocenters. The summed E-state index contributed by atoms with van der Waals surface area (Å²) >= 11 is 0. The second-order valence-electron chi connectivity index (χ2n) is 3.31. The molecule has 0 aliphatic carbocycles. The number of ether oxygens (including phenoxy) is 1. The molecule has 0 bridgehead atoms. The van der Waals surface area contributed by atoms with Crippen molar-refractivity contribution in [2.75, 3.05) is 19.8 Å². The molecule has 0 aliphatic rings. The minimum atomic E-state index is -0.951. The van der Waals surface area contributed by atoms with Crippen LogP contribution in [0, 0.1) is 11.6 Å². The Bertz CT molecular complexity index is 369. The van der Waals surface area contributed by atoms with Crippen LogP contribution in [0.15, 0.2) is 18.2 Å². The molecule has 3 nitrogen and oxygen atoms in total. The number of rotatable bonds is 6. The Morgan fingerprint density at radius 2 is 2.06 bits per heavy atom. The number of benzene rings is 1. The number of halogens is 2. The monoisotopic (exact) mass is 229 g/mol. The van der Waals surface area contributed by atoms with Gasteiger partial charge in [0.2, 0.25) is 0 Å². The fourth-order valence-electron chi connectivity index (χ4n) is 1.20. The summed E-state index contributed by atoms with van der Waals surface area (Å²) in [6.45, 7) is 0.595. The summed E-state index contributed by atoms with van der Waals surface area (Å²) in [4.78, 5) is 11.3. The highest BCUT2D eigenvalue weighted by molar-refractivity contribution is 5.82. The first kappa shape index (κ1) is 12.7. The molecule has 0 aliphatic heterocycles. The van der Waals surface area contributed by atoms with Crippen LogP contribution in [-0.4, -0.2) is 25.5 Å². The third-order valence-electron chi connectivity index (χ3n) is 1.91. The average molecular weight is 229 g/mol. The average Bonchev–Trinajstić information content (AvgIpc) is 2.24. The molecule has 2 N–H and O–H groups in total. The molecule has 0 saturated heterocycles. The third-order valence-corrected chi connectivity index (χ3v) is 1.91. The van der Waals surface area contributed by atoms with Crippen LogP contribution in [0.1, 0.15) is 5.56 Å². The summed E-state index contributed by atoms with van der Waals surface area (Å²) in [7, 11) is 0. The molecule has 0 amide bonds. The van der Waals surface area contributed by atoms with Crippen LogP contribution < -0.4 is 5.73 Å². The summed E-state index contributed by atoms with van der Waals surface area (Å²) in [5.41, 5.74) is 5.61. The SMILES string of the molecule is NCCOCC(=O)Cc1ccc(F)c(F)c1. The zero-order chi connectivity index (χ0) is 12.0. The van der Waals surface area contributed by atoms with E-state index in [9.17, 15) is 13.6 Å². The highest BCUT2D eigenvalue weighted by Gasteiger charge is 2.07. The Morgan fingerprint density at radius 1 is 1.31 bits per heavy atom. The van der Waals surface area contributed by atoms with Gasteiger partial charge in [-0.15, -0.1) is 0 Å². The molecule has 0 spiro atoms. The van der Waals surface area contributed by atoms with Crippen LogP contribution >= 0.6 is 0 Å². The molecule has 0 aromatic heterocycles. The summed E-state index contributed by atoms with van der Waals surface area (Å²) in [6, 6.07) is 3.38. The predicted molar refractivity (Wildman–Crippen MR) is 54.9 cm³/mol. The first-order valence-corrected chi connectivity index (χ1v) is 4.87. The lowest BCUT2D eigenvalue weighted by atomic mass is 10.1. The quantitative estimate of drug-likeness (QED) is 0.742. The van der Waals surface area contributed by atoms with E-state index in [1.54, 1.807) is 0 Å². The van der Waals surface area contributed by atoms with E-state index in [1.807, 2.05) is 0 Å². The molecular formula is C11H13F2NO2. The Balaban J connectivity index is 2.46. The summed E-state index contributed by atoms with van der Waals surface area (Å²) < 4.78 is 30.3. The van der Waals surface area contributed by atoms with Gasteiger partial charge in [0.15, 0.2) is 17.4 Å². The van der Waals surface area contributed by atoms with Crippen molar-refractivity contribution in [3.8, 4) is 0 Å². The number of carbonyl (C=O) groups is 1. The van der Waals surface area contributed by atoms with E-state index in [2.05, 4.69) is 0 Å². The van der Waals surface area contributed by atoms with E-state index in [0.29, 0.717) is 18.7 Å². The molecule has 88 valence electrons. The Morgan fingerprint density at radius 3 is 2.69 bits per heavy atom. The smallest absolute Gasteiger partial charge is 0.162 e. The van der Waals surface area contributed by atoms with Gasteiger partial charge in [-0.1, -0.05) is 6.07 Å². The molecule has 0 saturated carbocycles. The number of hydrogen-bond donors (Lipinski definition) is 1. The van der Waals surface area contributed by atoms with Crippen molar-refractivity contribution in [2.24, 2.45) is 5.73 Å². The van der Waals surface area contributed by atoms with Gasteiger partial charge in [0.1, 0.15) is 6.61 Å². The van der Waals surface area contributed by atoms with Crippen molar-refractivity contribution in [1.29, 1.82) is 0 Å². The van der Waals surface area contributed by atoms with E-state index in [1.165, 1.54) is 6.07 Å². The normalized spacial score (nSPS) is 10.4. The zero-order valence-electron chi connectivity index (χ0n) is 8.71. The van der Waals surface area contributed by atoms with E-state index in [0.717, 1.165) is 12.1 Å². The molecule has 1 rings (SSSR count). The van der Waals surface area contributed by atoms with Gasteiger partial charge in [0.25, 0.3) is 0 Å². The van der Waals surface area contributed by atoms with Crippen LogP contribution in [0.5, 0.6) is 0 Å². The Hall–Kier alpha value is -1.33. The number of hydrogen-bond acceptors (Lipinski definition) is 3. The number of carbonyl (C=O) groups excluding carboxylic acids is 1. The minimum absolute atomic E-state index is 0.0295. The van der Waals surface area contributed by atoms with Gasteiger partial charge in [0, 0.05) is 13.0 Å². The van der Waals surface area contributed by atoms with Gasteiger partial charge in [-0.25, -0.2) is 8.78 Å². The van der Waals surface area contributed by atoms with Crippen LogP contribution in [0.3, 0.4) is 0 Å². The molecular weight excluding hydrogens is 216 g/mol. The molecule has 5 heteroatoms. The van der Waals surface area contributed by atoms with Crippen molar-refractivity contribution in [3.05, 3.63) is 35.4 Å². The second-order valence-corrected chi connectivity index (χ2v) is 3.31. The maximum absolute atomic E-state index is 12.8. The fraction of sp³-hybridized carbons (Fsp3) is 0.364. The molecule has 16 heavy (non-hydrogen) atoms. The minimum Gasteiger partial charge on any atom is -0.372 e. The van der Waals surface area contributed by atoms with Gasteiger partial charge in [0.05, 0.1) is 6.61 Å². The molecule has 1 aromatic carbocycles. The van der Waals surface area contributed by atoms with Gasteiger partial charge in [-0.2, -0.15) is 0 Å². The van der Waals surface area contributed by atoms with Crippen LogP contribution in [-0.2, 0) is 16.0 Å². The van der Waals surface area contributed by atoms with Crippen molar-refractivity contribution in [3.63, 3.8) is 0 Å². The van der Waals surface area contributed by atoms with E-state index in [4.69, 9.17) is 10.5 Å². The second kappa shape index (κ2) is 6.30. The number of nitrogens with two attached hydrogens (primary N) is 1. The van der Waals surface area contributed by atoms with Crippen molar-refractivity contribution < 1.29 is 18.3 Å². The predicted octanol–water partition coefficient (Wildman–Crippen LogP) is 1.05. The van der Waals surface area contributed by atoms with Crippen LogP contribution in [0.2, 0.25) is 0 Å². The third kappa shape index (κ3) is 4.04. The number of ketones is 1. The topological polar surface area (TPSA) is 52.3 Å². The maximum Gasteiger partial charge on any atom is 0.162 e. The van der Waals surface area contributed by atoms with E-state index < -0.39 is 11.6 Å². The highest BCUT2D eigenvalue weighted by Crippen LogP contribution is 2.09. The summed E-state index contributed by atoms with van der Waals surface area (Å²) in [5.74, 6) is -2.07. The first-order chi connectivity index (χ1) is 7.63. The fourth-order valence-corrected chi connectivity index (χ4v) is 1.20. The van der Waals surface area contributed by atoms with Gasteiger partial charge in [-0.3, -0.25) is 4.79 Å². The van der Waals surface area contributed by atoms with E-state index in [-0.39, 0.29) is 18.8 Å². The van der Waals surface area contributed by atoms with Gasteiger partial charge in [-0.05, 0) is 17.7 Å². The summed E-state index contributed by atoms with van der Waals surface area (Å²) in [5, 5.41) is 0. The largest absolute Gasteiger partial charge is 0.372 e. The van der Waals surface area contributed by atoms with E-state index >= 15 is 0 Å². The lowest BCUT2D eigenvalue weighted by Gasteiger charge is -2.03. The maximum atomic E-state index is 12.8. The zero-order valence-corrected chi connectivity index (χ0v) is 8.71. The standard InChI is InChI=1S/C11H13F2NO2/c12-10-2-1-8(6-11(10)13)5-9(15)7-16-4-3-14/h1-2,6H,3-5,7,14H2. The van der Waals surface area contributed by atoms with Crippen LogP contribution in [0.4, 0.5) is 8.78 Å². The molecule has 0 atom stereocenters. The number of Topliss-reactive ketones (excluding diaryl/α,β-unsaturated/α-hetero) is 1. The Kier molecular flexibility index (Phi) is 5.01. The van der Waals surface area contributed by atoms with Gasteiger partial charge >= 0.3 is 0 Å². The lowest BCUT2D eigenvalue weighted by Crippen LogP contribution is -2.16. The van der Waals surface area contributed by atoms with Crippen LogP contribution in [0.25, 0.3) is 0 Å². The van der Waals surface area contributed by atoms with Crippen molar-refractivity contribution >= 4 is 5.78 Å². The molecule has 0 radical (unpaired) electrons. The highest BCUT2D eigenvalue weighted by atomic mass is 19.2. The summed E-state index contributed by atoms with van der Waals surface area (Å²) in [6.07, 6.45) is 0.0295. The molecule has 0 heterocycles. The first-order valence-electron chi connectivity index (χ1n) is 4.87. The molecule has 0 fully saturated rings. The van der Waals surface area contributed by atoms with Crippen molar-refractivity contribution in [2.45, 2.75) is 6.42 Å².